The van der Waals surface area contributed by atoms with Crippen molar-refractivity contribution in [1.29, 1.82) is 0 Å². The molecular formula is C31H32N6O2. The monoisotopic (exact) mass is 520 g/mol. The minimum absolute atomic E-state index is 0.165. The number of H-pyrrole nitrogens is 1. The highest BCUT2D eigenvalue weighted by atomic mass is 16.5. The lowest BCUT2D eigenvalue weighted by atomic mass is 10.0. The summed E-state index contributed by atoms with van der Waals surface area (Å²) >= 11 is 0. The van der Waals surface area contributed by atoms with E-state index in [1.54, 1.807) is 12.4 Å². The van der Waals surface area contributed by atoms with Crippen molar-refractivity contribution in [3.8, 4) is 39.7 Å². The molecule has 0 unspecified atom stereocenters. The number of anilines is 2. The lowest BCUT2D eigenvalue weighted by molar-refractivity contribution is 0.207. The summed E-state index contributed by atoms with van der Waals surface area (Å²) in [6.07, 6.45) is 4.40. The van der Waals surface area contributed by atoms with Crippen molar-refractivity contribution in [2.24, 2.45) is 0 Å². The van der Waals surface area contributed by atoms with Gasteiger partial charge in [0.1, 0.15) is 11.6 Å². The number of imidazole rings is 1. The Bertz CT molecular complexity index is 1490. The average molecular weight is 521 g/mol. The van der Waals surface area contributed by atoms with Gasteiger partial charge in [-0.05, 0) is 48.9 Å². The fourth-order valence-corrected chi connectivity index (χ4v) is 4.24. The fourth-order valence-electron chi connectivity index (χ4n) is 4.24. The lowest BCUT2D eigenvalue weighted by Crippen LogP contribution is -2.24. The topological polar surface area (TPSA) is 99.2 Å². The van der Waals surface area contributed by atoms with Crippen molar-refractivity contribution in [3.05, 3.63) is 97.3 Å². The van der Waals surface area contributed by atoms with Crippen LogP contribution in [-0.4, -0.2) is 63.3 Å². The molecule has 8 heteroatoms. The summed E-state index contributed by atoms with van der Waals surface area (Å²) in [7, 11) is 1.99. The highest BCUT2D eigenvalue weighted by Gasteiger charge is 2.10. The van der Waals surface area contributed by atoms with E-state index in [1.807, 2.05) is 67.7 Å². The summed E-state index contributed by atoms with van der Waals surface area (Å²) in [6.45, 7) is 2.30. The van der Waals surface area contributed by atoms with Crippen LogP contribution < -0.4 is 10.1 Å². The van der Waals surface area contributed by atoms with Gasteiger partial charge < -0.3 is 25.0 Å². The van der Waals surface area contributed by atoms with Crippen molar-refractivity contribution in [2.75, 3.05) is 38.7 Å². The molecule has 5 aromatic rings. The van der Waals surface area contributed by atoms with Crippen LogP contribution in [0.5, 0.6) is 5.75 Å². The van der Waals surface area contributed by atoms with Crippen LogP contribution in [0.2, 0.25) is 0 Å². The molecule has 0 fully saturated rings. The maximum absolute atomic E-state index is 9.00. The Kier molecular flexibility index (Phi) is 8.58. The summed E-state index contributed by atoms with van der Waals surface area (Å²) < 4.78 is 5.90. The number of aromatic nitrogens is 4. The van der Waals surface area contributed by atoms with Crippen LogP contribution in [0.4, 0.5) is 11.6 Å². The van der Waals surface area contributed by atoms with Crippen molar-refractivity contribution >= 4 is 11.6 Å². The molecule has 0 saturated carbocycles. The number of benzene rings is 3. The van der Waals surface area contributed by atoms with Gasteiger partial charge in [-0.1, -0.05) is 54.6 Å². The van der Waals surface area contributed by atoms with E-state index in [1.165, 1.54) is 0 Å². The third-order valence-electron chi connectivity index (χ3n) is 6.28. The smallest absolute Gasteiger partial charge is 0.227 e. The number of nitrogens with one attached hydrogen (secondary N) is 2. The quantitative estimate of drug-likeness (QED) is 0.183. The first kappa shape index (κ1) is 26.1. The molecule has 2 aromatic heterocycles. The maximum atomic E-state index is 9.00. The summed E-state index contributed by atoms with van der Waals surface area (Å²) in [5.41, 5.74) is 5.70. The Labute approximate surface area is 228 Å². The molecule has 0 aliphatic rings. The highest BCUT2D eigenvalue weighted by molar-refractivity contribution is 5.71. The van der Waals surface area contributed by atoms with Crippen molar-refractivity contribution in [1.82, 2.24) is 24.8 Å². The number of rotatable bonds is 12. The van der Waals surface area contributed by atoms with Crippen LogP contribution in [0.25, 0.3) is 33.9 Å². The molecule has 5 rings (SSSR count). The van der Waals surface area contributed by atoms with Crippen LogP contribution in [0.3, 0.4) is 0 Å². The van der Waals surface area contributed by atoms with Gasteiger partial charge in [0.25, 0.3) is 0 Å². The number of aliphatic hydroxyl groups excluding tert-OH is 1. The number of hydrogen-bond donors (Lipinski definition) is 3. The van der Waals surface area contributed by atoms with Crippen LogP contribution in [0, 0.1) is 0 Å². The molecule has 0 saturated heterocycles. The van der Waals surface area contributed by atoms with E-state index in [-0.39, 0.29) is 6.61 Å². The molecule has 0 aliphatic carbocycles. The fraction of sp³-hybridized carbons (Fsp3) is 0.194. The molecule has 0 atom stereocenters. The van der Waals surface area contributed by atoms with Crippen LogP contribution >= 0.6 is 0 Å². The number of aromatic amines is 1. The Hall–Kier alpha value is -4.53. The third-order valence-corrected chi connectivity index (χ3v) is 6.28. The molecule has 0 radical (unpaired) electrons. The Balaban J connectivity index is 1.24. The van der Waals surface area contributed by atoms with E-state index < -0.39 is 0 Å². The zero-order valence-electron chi connectivity index (χ0n) is 21.9. The van der Waals surface area contributed by atoms with Crippen LogP contribution in [0.1, 0.15) is 6.42 Å². The number of likely N-dealkylation sites (N-methyl/N-ethyl adjacent to an activating group) is 1. The van der Waals surface area contributed by atoms with Gasteiger partial charge in [-0.15, -0.1) is 0 Å². The second-order valence-corrected chi connectivity index (χ2v) is 9.24. The van der Waals surface area contributed by atoms with Crippen molar-refractivity contribution in [2.45, 2.75) is 6.42 Å². The normalized spacial score (nSPS) is 11.1. The number of nitrogens with zero attached hydrogens (tertiary/aromatic N) is 4. The molecule has 39 heavy (non-hydrogen) atoms. The lowest BCUT2D eigenvalue weighted by Gasteiger charge is -2.15. The van der Waals surface area contributed by atoms with E-state index in [0.29, 0.717) is 19.1 Å². The summed E-state index contributed by atoms with van der Waals surface area (Å²) in [5, 5.41) is 12.3. The summed E-state index contributed by atoms with van der Waals surface area (Å²) in [4.78, 5) is 19.2. The largest absolute Gasteiger partial charge is 0.493 e. The first-order valence-electron chi connectivity index (χ1n) is 13.0. The van der Waals surface area contributed by atoms with E-state index in [2.05, 4.69) is 49.4 Å². The van der Waals surface area contributed by atoms with Gasteiger partial charge in [0, 0.05) is 36.6 Å². The second kappa shape index (κ2) is 12.8. The van der Waals surface area contributed by atoms with Gasteiger partial charge in [0.15, 0.2) is 0 Å². The number of aliphatic hydroxyl groups is 1. The molecule has 2 heterocycles. The van der Waals surface area contributed by atoms with Crippen LogP contribution in [-0.2, 0) is 0 Å². The molecule has 3 N–H and O–H groups in total. The van der Waals surface area contributed by atoms with E-state index in [9.17, 15) is 0 Å². The van der Waals surface area contributed by atoms with Gasteiger partial charge >= 0.3 is 0 Å². The molecule has 3 aromatic carbocycles. The molecule has 198 valence electrons. The third kappa shape index (κ3) is 7.07. The molecule has 0 bridgehead atoms. The minimum atomic E-state index is 0.165. The predicted molar refractivity (Wildman–Crippen MR) is 155 cm³/mol. The zero-order valence-corrected chi connectivity index (χ0v) is 21.9. The standard InChI is InChI=1S/C31H32N6O2/c1-37(17-18-38)16-7-19-39-27-13-6-12-26(21-27)34-31-32-15-14-28(36-31)29-22-33-30(35-29)25-11-5-10-24(20-25)23-8-3-2-4-9-23/h2-6,8-15,20-22,38H,7,16-19H2,1H3,(H,33,35)(H,32,34,36). The Morgan fingerprint density at radius 1 is 0.872 bits per heavy atom. The summed E-state index contributed by atoms with van der Waals surface area (Å²) in [5.74, 6) is 2.04. The summed E-state index contributed by atoms with van der Waals surface area (Å²) in [6, 6.07) is 28.2. The molecule has 0 aliphatic heterocycles. The van der Waals surface area contributed by atoms with E-state index >= 15 is 0 Å². The molecule has 8 nitrogen and oxygen atoms in total. The minimum Gasteiger partial charge on any atom is -0.493 e. The average Bonchev–Trinajstić information content (AvgIpc) is 3.47. The molecule has 0 amide bonds. The number of hydrogen-bond acceptors (Lipinski definition) is 7. The predicted octanol–water partition coefficient (Wildman–Crippen LogP) is 5.64. The van der Waals surface area contributed by atoms with Gasteiger partial charge in [0.2, 0.25) is 5.95 Å². The van der Waals surface area contributed by atoms with Gasteiger partial charge in [0.05, 0.1) is 30.8 Å². The maximum Gasteiger partial charge on any atom is 0.227 e. The molecule has 0 spiro atoms. The first-order chi connectivity index (χ1) is 19.2. The highest BCUT2D eigenvalue weighted by Crippen LogP contribution is 2.27. The van der Waals surface area contributed by atoms with E-state index in [4.69, 9.17) is 14.8 Å². The van der Waals surface area contributed by atoms with E-state index in [0.717, 1.165) is 58.3 Å². The number of ether oxygens (including phenoxy) is 1. The van der Waals surface area contributed by atoms with Crippen molar-refractivity contribution in [3.63, 3.8) is 0 Å². The Morgan fingerprint density at radius 3 is 2.56 bits per heavy atom. The first-order valence-corrected chi connectivity index (χ1v) is 13.0. The zero-order chi connectivity index (χ0) is 26.9. The molecular weight excluding hydrogens is 488 g/mol. The van der Waals surface area contributed by atoms with Gasteiger partial charge in [-0.3, -0.25) is 0 Å². The van der Waals surface area contributed by atoms with Crippen molar-refractivity contribution < 1.29 is 9.84 Å². The Morgan fingerprint density at radius 2 is 1.69 bits per heavy atom. The second-order valence-electron chi connectivity index (χ2n) is 9.24. The van der Waals surface area contributed by atoms with Gasteiger partial charge in [-0.25, -0.2) is 15.0 Å². The van der Waals surface area contributed by atoms with Crippen LogP contribution in [0.15, 0.2) is 97.3 Å². The van der Waals surface area contributed by atoms with Gasteiger partial charge in [-0.2, -0.15) is 0 Å². The SMILES string of the molecule is CN(CCO)CCCOc1cccc(Nc2nccc(-c3cnc(-c4cccc(-c5ccccc5)c4)[nH]3)n2)c1.